The average molecular weight is 244 g/mol. The molecule has 0 atom stereocenters. The second kappa shape index (κ2) is 4.30. The van der Waals surface area contributed by atoms with Crippen molar-refractivity contribution in [2.45, 2.75) is 5.88 Å². The molecular formula is C10H7Cl2NS. The number of halogens is 2. The van der Waals surface area contributed by atoms with Gasteiger partial charge in [-0.25, -0.2) is 4.98 Å². The highest BCUT2D eigenvalue weighted by atomic mass is 35.5. The number of rotatable bonds is 2. The van der Waals surface area contributed by atoms with E-state index in [0.717, 1.165) is 21.3 Å². The summed E-state index contributed by atoms with van der Waals surface area (Å²) in [6.07, 6.45) is 0. The molecule has 72 valence electrons. The third-order valence-corrected chi connectivity index (χ3v) is 3.21. The molecule has 1 aromatic heterocycles. The van der Waals surface area contributed by atoms with E-state index in [0.29, 0.717) is 5.88 Å². The Morgan fingerprint density at radius 3 is 2.86 bits per heavy atom. The Morgan fingerprint density at radius 2 is 2.21 bits per heavy atom. The molecule has 0 unspecified atom stereocenters. The van der Waals surface area contributed by atoms with Crippen molar-refractivity contribution in [3.05, 3.63) is 40.4 Å². The Labute approximate surface area is 96.3 Å². The van der Waals surface area contributed by atoms with Gasteiger partial charge in [-0.3, -0.25) is 0 Å². The number of aromatic nitrogens is 1. The molecule has 0 saturated carbocycles. The molecule has 2 aromatic rings. The number of benzene rings is 1. The minimum absolute atomic E-state index is 0.455. The van der Waals surface area contributed by atoms with Gasteiger partial charge in [-0.05, 0) is 12.1 Å². The number of nitrogens with zero attached hydrogens (tertiary/aromatic N) is 1. The van der Waals surface area contributed by atoms with Gasteiger partial charge in [0.15, 0.2) is 0 Å². The van der Waals surface area contributed by atoms with Crippen LogP contribution < -0.4 is 0 Å². The van der Waals surface area contributed by atoms with Gasteiger partial charge in [0.1, 0.15) is 5.01 Å². The van der Waals surface area contributed by atoms with Crippen molar-refractivity contribution >= 4 is 34.5 Å². The largest absolute Gasteiger partial charge is 0.240 e. The fourth-order valence-electron chi connectivity index (χ4n) is 1.12. The van der Waals surface area contributed by atoms with Crippen LogP contribution in [0.5, 0.6) is 0 Å². The summed E-state index contributed by atoms with van der Waals surface area (Å²) in [6.45, 7) is 0. The van der Waals surface area contributed by atoms with Gasteiger partial charge in [-0.1, -0.05) is 23.7 Å². The van der Waals surface area contributed by atoms with E-state index in [1.807, 2.05) is 29.6 Å². The first-order chi connectivity index (χ1) is 6.79. The summed E-state index contributed by atoms with van der Waals surface area (Å²) in [7, 11) is 0. The molecule has 1 heterocycles. The lowest BCUT2D eigenvalue weighted by Crippen LogP contribution is -1.78. The van der Waals surface area contributed by atoms with Crippen molar-refractivity contribution < 1.29 is 0 Å². The summed E-state index contributed by atoms with van der Waals surface area (Å²) >= 11 is 13.1. The SMILES string of the molecule is ClCc1csc(-c2cccc(Cl)c2)n1. The Kier molecular flexibility index (Phi) is 3.06. The van der Waals surface area contributed by atoms with Crippen LogP contribution in [0.3, 0.4) is 0 Å². The predicted molar refractivity (Wildman–Crippen MR) is 62.1 cm³/mol. The van der Waals surface area contributed by atoms with E-state index < -0.39 is 0 Å². The van der Waals surface area contributed by atoms with Crippen LogP contribution in [0.15, 0.2) is 29.6 Å². The molecule has 0 radical (unpaired) electrons. The minimum atomic E-state index is 0.455. The third-order valence-electron chi connectivity index (χ3n) is 1.76. The van der Waals surface area contributed by atoms with Crippen LogP contribution in [-0.2, 0) is 5.88 Å². The molecule has 0 aliphatic heterocycles. The quantitative estimate of drug-likeness (QED) is 0.721. The third kappa shape index (κ3) is 2.08. The molecule has 0 spiro atoms. The topological polar surface area (TPSA) is 12.9 Å². The molecule has 0 amide bonds. The summed E-state index contributed by atoms with van der Waals surface area (Å²) in [5, 5.41) is 3.65. The van der Waals surface area contributed by atoms with Gasteiger partial charge >= 0.3 is 0 Å². The second-order valence-corrected chi connectivity index (χ2v) is 4.35. The summed E-state index contributed by atoms with van der Waals surface area (Å²) in [5.74, 6) is 0.455. The Hall–Kier alpha value is -0.570. The van der Waals surface area contributed by atoms with E-state index in [1.165, 1.54) is 0 Å². The number of alkyl halides is 1. The molecule has 0 fully saturated rings. The highest BCUT2D eigenvalue weighted by Crippen LogP contribution is 2.26. The second-order valence-electron chi connectivity index (χ2n) is 2.79. The van der Waals surface area contributed by atoms with Crippen LogP contribution >= 0.6 is 34.5 Å². The van der Waals surface area contributed by atoms with Gasteiger partial charge in [0, 0.05) is 16.0 Å². The smallest absolute Gasteiger partial charge is 0.123 e. The molecule has 0 aliphatic carbocycles. The van der Waals surface area contributed by atoms with Crippen LogP contribution in [0.25, 0.3) is 10.6 Å². The molecular weight excluding hydrogens is 237 g/mol. The van der Waals surface area contributed by atoms with E-state index in [9.17, 15) is 0 Å². The number of hydrogen-bond donors (Lipinski definition) is 0. The van der Waals surface area contributed by atoms with Gasteiger partial charge in [0.05, 0.1) is 11.6 Å². The summed E-state index contributed by atoms with van der Waals surface area (Å²) in [4.78, 5) is 4.37. The fraction of sp³-hybridized carbons (Fsp3) is 0.100. The summed E-state index contributed by atoms with van der Waals surface area (Å²) < 4.78 is 0. The first-order valence-corrected chi connectivity index (χ1v) is 5.85. The lowest BCUT2D eigenvalue weighted by molar-refractivity contribution is 1.23. The highest BCUT2D eigenvalue weighted by molar-refractivity contribution is 7.13. The van der Waals surface area contributed by atoms with Crippen molar-refractivity contribution in [3.8, 4) is 10.6 Å². The van der Waals surface area contributed by atoms with E-state index in [2.05, 4.69) is 4.98 Å². The molecule has 0 saturated heterocycles. The molecule has 1 aromatic carbocycles. The van der Waals surface area contributed by atoms with Gasteiger partial charge in [0.2, 0.25) is 0 Å². The Balaban J connectivity index is 2.39. The lowest BCUT2D eigenvalue weighted by atomic mass is 10.2. The zero-order valence-electron chi connectivity index (χ0n) is 7.21. The van der Waals surface area contributed by atoms with E-state index in [4.69, 9.17) is 23.2 Å². The molecule has 0 bridgehead atoms. The van der Waals surface area contributed by atoms with Gasteiger partial charge in [-0.15, -0.1) is 22.9 Å². The fourth-order valence-corrected chi connectivity index (χ4v) is 2.36. The van der Waals surface area contributed by atoms with Gasteiger partial charge in [0.25, 0.3) is 0 Å². The first kappa shape index (κ1) is 9.97. The van der Waals surface area contributed by atoms with Crippen LogP contribution in [0, 0.1) is 0 Å². The predicted octanol–water partition coefficient (Wildman–Crippen LogP) is 4.20. The van der Waals surface area contributed by atoms with Crippen molar-refractivity contribution in [1.29, 1.82) is 0 Å². The minimum Gasteiger partial charge on any atom is -0.240 e. The molecule has 14 heavy (non-hydrogen) atoms. The maximum Gasteiger partial charge on any atom is 0.123 e. The van der Waals surface area contributed by atoms with Crippen LogP contribution in [-0.4, -0.2) is 4.98 Å². The van der Waals surface area contributed by atoms with Gasteiger partial charge in [-0.2, -0.15) is 0 Å². The Bertz CT molecular complexity index is 439. The monoisotopic (exact) mass is 243 g/mol. The van der Waals surface area contributed by atoms with E-state index >= 15 is 0 Å². The van der Waals surface area contributed by atoms with Gasteiger partial charge < -0.3 is 0 Å². The molecule has 0 aliphatic rings. The molecule has 1 nitrogen and oxygen atoms in total. The van der Waals surface area contributed by atoms with Crippen molar-refractivity contribution in [2.75, 3.05) is 0 Å². The van der Waals surface area contributed by atoms with Crippen molar-refractivity contribution in [1.82, 2.24) is 4.98 Å². The Morgan fingerprint density at radius 1 is 1.36 bits per heavy atom. The highest BCUT2D eigenvalue weighted by Gasteiger charge is 2.03. The van der Waals surface area contributed by atoms with Crippen molar-refractivity contribution in [2.24, 2.45) is 0 Å². The lowest BCUT2D eigenvalue weighted by Gasteiger charge is -1.95. The first-order valence-electron chi connectivity index (χ1n) is 4.06. The zero-order chi connectivity index (χ0) is 9.97. The van der Waals surface area contributed by atoms with E-state index in [-0.39, 0.29) is 0 Å². The molecule has 2 rings (SSSR count). The maximum atomic E-state index is 5.89. The van der Waals surface area contributed by atoms with Crippen molar-refractivity contribution in [3.63, 3.8) is 0 Å². The number of thiazole rings is 1. The average Bonchev–Trinajstić information content (AvgIpc) is 2.66. The van der Waals surface area contributed by atoms with Crippen LogP contribution in [0.4, 0.5) is 0 Å². The van der Waals surface area contributed by atoms with E-state index in [1.54, 1.807) is 11.3 Å². The van der Waals surface area contributed by atoms with Crippen LogP contribution in [0.1, 0.15) is 5.69 Å². The number of hydrogen-bond acceptors (Lipinski definition) is 2. The molecule has 0 N–H and O–H groups in total. The normalized spacial score (nSPS) is 10.4. The molecule has 4 heteroatoms. The zero-order valence-corrected chi connectivity index (χ0v) is 9.53. The maximum absolute atomic E-state index is 5.89. The van der Waals surface area contributed by atoms with Crippen LogP contribution in [0.2, 0.25) is 5.02 Å². The summed E-state index contributed by atoms with van der Waals surface area (Å²) in [6, 6.07) is 7.65. The summed E-state index contributed by atoms with van der Waals surface area (Å²) in [5.41, 5.74) is 1.95. The standard InChI is InChI=1S/C10H7Cl2NS/c11-5-9-6-14-10(13-9)7-2-1-3-8(12)4-7/h1-4,6H,5H2.